The van der Waals surface area contributed by atoms with Crippen LogP contribution >= 0.6 is 0 Å². The number of aromatic nitrogens is 1. The Hall–Kier alpha value is -4.00. The van der Waals surface area contributed by atoms with Crippen LogP contribution in [0.4, 0.5) is 4.79 Å². The molecule has 2 N–H and O–H groups in total. The summed E-state index contributed by atoms with van der Waals surface area (Å²) in [7, 11) is 0. The molecule has 3 aromatic rings. The van der Waals surface area contributed by atoms with Crippen molar-refractivity contribution in [3.63, 3.8) is 0 Å². The zero-order valence-electron chi connectivity index (χ0n) is 20.1. The summed E-state index contributed by atoms with van der Waals surface area (Å²) >= 11 is 0. The van der Waals surface area contributed by atoms with Crippen LogP contribution in [-0.2, 0) is 16.0 Å². The molecule has 180 valence electrons. The number of ether oxygens (including phenoxy) is 1. The van der Waals surface area contributed by atoms with E-state index in [0.717, 1.165) is 28.8 Å². The highest BCUT2D eigenvalue weighted by Crippen LogP contribution is 2.38. The third-order valence-corrected chi connectivity index (χ3v) is 5.99. The van der Waals surface area contributed by atoms with Gasteiger partial charge in [-0.1, -0.05) is 55.5 Å². The second-order valence-electron chi connectivity index (χ2n) is 8.82. The summed E-state index contributed by atoms with van der Waals surface area (Å²) in [4.78, 5) is 42.5. The molecule has 1 heterocycles. The lowest BCUT2D eigenvalue weighted by Crippen LogP contribution is -2.44. The number of carbonyl (C=O) groups is 3. The number of imide groups is 1. The highest BCUT2D eigenvalue weighted by atomic mass is 16.5. The molecule has 1 aliphatic rings. The highest BCUT2D eigenvalue weighted by Gasteiger charge is 2.30. The first-order chi connectivity index (χ1) is 16.9. The molecule has 2 unspecified atom stereocenters. The zero-order valence-corrected chi connectivity index (χ0v) is 20.1. The SMILES string of the molecule is CCNC(=O)NC(=O)C(C)OC(=O)c1c2c(nc3ccccc13)/C(=C/c1ccccc1)CC(C)C2. The molecule has 3 amide bonds. The van der Waals surface area contributed by atoms with Gasteiger partial charge in [0.05, 0.1) is 16.8 Å². The first-order valence-corrected chi connectivity index (χ1v) is 11.8. The van der Waals surface area contributed by atoms with Crippen molar-refractivity contribution in [2.45, 2.75) is 39.7 Å². The lowest BCUT2D eigenvalue weighted by molar-refractivity contribution is -0.127. The number of rotatable bonds is 5. The van der Waals surface area contributed by atoms with Gasteiger partial charge in [0.2, 0.25) is 0 Å². The fourth-order valence-electron chi connectivity index (χ4n) is 4.41. The Kier molecular flexibility index (Phi) is 7.25. The van der Waals surface area contributed by atoms with E-state index in [4.69, 9.17) is 9.72 Å². The summed E-state index contributed by atoms with van der Waals surface area (Å²) in [5.41, 5.74) is 4.85. The van der Waals surface area contributed by atoms with Crippen LogP contribution in [0.2, 0.25) is 0 Å². The van der Waals surface area contributed by atoms with Crippen LogP contribution in [0, 0.1) is 5.92 Å². The molecule has 0 aliphatic heterocycles. The first-order valence-electron chi connectivity index (χ1n) is 11.8. The summed E-state index contributed by atoms with van der Waals surface area (Å²) < 4.78 is 5.56. The molecule has 0 saturated carbocycles. The topological polar surface area (TPSA) is 97.4 Å². The number of urea groups is 1. The minimum Gasteiger partial charge on any atom is -0.449 e. The van der Waals surface area contributed by atoms with Crippen molar-refractivity contribution in [1.82, 2.24) is 15.6 Å². The van der Waals surface area contributed by atoms with Crippen LogP contribution in [0.25, 0.3) is 22.6 Å². The van der Waals surface area contributed by atoms with Gasteiger partial charge in [-0.15, -0.1) is 0 Å². The maximum atomic E-state index is 13.5. The van der Waals surface area contributed by atoms with Gasteiger partial charge in [0.1, 0.15) is 0 Å². The molecular formula is C28H29N3O4. The van der Waals surface area contributed by atoms with E-state index < -0.39 is 24.0 Å². The lowest BCUT2D eigenvalue weighted by Gasteiger charge is -2.27. The van der Waals surface area contributed by atoms with Gasteiger partial charge in [0, 0.05) is 11.9 Å². The number of esters is 1. The Balaban J connectivity index is 1.75. The fraction of sp³-hybridized carbons (Fsp3) is 0.286. The van der Waals surface area contributed by atoms with Crippen LogP contribution in [-0.4, -0.2) is 35.5 Å². The van der Waals surface area contributed by atoms with Gasteiger partial charge in [-0.2, -0.15) is 0 Å². The largest absolute Gasteiger partial charge is 0.449 e. The molecule has 1 aliphatic carbocycles. The van der Waals surface area contributed by atoms with Gasteiger partial charge in [-0.25, -0.2) is 14.6 Å². The smallest absolute Gasteiger partial charge is 0.339 e. The van der Waals surface area contributed by atoms with E-state index in [0.29, 0.717) is 35.3 Å². The van der Waals surface area contributed by atoms with Gasteiger partial charge in [0.15, 0.2) is 6.10 Å². The summed E-state index contributed by atoms with van der Waals surface area (Å²) in [5, 5.41) is 5.36. The Morgan fingerprint density at radius 3 is 2.54 bits per heavy atom. The molecule has 0 bridgehead atoms. The fourth-order valence-corrected chi connectivity index (χ4v) is 4.41. The molecule has 0 saturated heterocycles. The average Bonchev–Trinajstić information content (AvgIpc) is 2.83. The number of hydrogen-bond acceptors (Lipinski definition) is 5. The summed E-state index contributed by atoms with van der Waals surface area (Å²) in [6.07, 6.45) is 2.48. The number of nitrogens with zero attached hydrogens (tertiary/aromatic N) is 1. The molecule has 0 radical (unpaired) electrons. The van der Waals surface area contributed by atoms with Crippen LogP contribution in [0.3, 0.4) is 0 Å². The summed E-state index contributed by atoms with van der Waals surface area (Å²) in [5.74, 6) is -0.994. The first kappa shape index (κ1) is 24.1. The Labute approximate surface area is 204 Å². The maximum Gasteiger partial charge on any atom is 0.339 e. The van der Waals surface area contributed by atoms with Crippen molar-refractivity contribution in [2.75, 3.05) is 6.54 Å². The van der Waals surface area contributed by atoms with Crippen molar-refractivity contribution in [1.29, 1.82) is 0 Å². The standard InChI is InChI=1S/C28H29N3O4/c1-4-29-28(34)31-26(32)18(3)35-27(33)24-21-12-8-9-13-23(21)30-25-20(14-17(2)15-22(24)25)16-19-10-6-5-7-11-19/h5-13,16-18H,4,14-15H2,1-3H3,(H2,29,31,32,34)/b20-16+. The molecule has 2 atom stereocenters. The van der Waals surface area contributed by atoms with Crippen LogP contribution in [0.1, 0.15) is 54.4 Å². The number of carbonyl (C=O) groups excluding carboxylic acids is 3. The molecular weight excluding hydrogens is 442 g/mol. The quantitative estimate of drug-likeness (QED) is 0.524. The van der Waals surface area contributed by atoms with Crippen molar-refractivity contribution in [3.8, 4) is 0 Å². The van der Waals surface area contributed by atoms with Gasteiger partial charge < -0.3 is 10.1 Å². The number of pyridine rings is 1. The molecule has 2 aromatic carbocycles. The van der Waals surface area contributed by atoms with E-state index in [-0.39, 0.29) is 0 Å². The van der Waals surface area contributed by atoms with E-state index in [9.17, 15) is 14.4 Å². The van der Waals surface area contributed by atoms with Crippen molar-refractivity contribution >= 4 is 40.5 Å². The predicted molar refractivity (Wildman–Crippen MR) is 136 cm³/mol. The third-order valence-electron chi connectivity index (χ3n) is 5.99. The van der Waals surface area contributed by atoms with Crippen molar-refractivity contribution in [2.24, 2.45) is 5.92 Å². The number of nitrogens with one attached hydrogen (secondary N) is 2. The number of amides is 3. The van der Waals surface area contributed by atoms with E-state index >= 15 is 0 Å². The molecule has 0 spiro atoms. The highest BCUT2D eigenvalue weighted by molar-refractivity contribution is 6.07. The minimum atomic E-state index is -1.15. The molecule has 4 rings (SSSR count). The van der Waals surface area contributed by atoms with Gasteiger partial charge in [-0.3, -0.25) is 10.1 Å². The third kappa shape index (κ3) is 5.40. The summed E-state index contributed by atoms with van der Waals surface area (Å²) in [6, 6.07) is 16.9. The molecule has 0 fully saturated rings. The van der Waals surface area contributed by atoms with Gasteiger partial charge in [0.25, 0.3) is 5.91 Å². The van der Waals surface area contributed by atoms with Gasteiger partial charge >= 0.3 is 12.0 Å². The number of benzene rings is 2. The normalized spacial score (nSPS) is 16.9. The molecule has 1 aromatic heterocycles. The lowest BCUT2D eigenvalue weighted by atomic mass is 9.80. The Morgan fingerprint density at radius 2 is 1.80 bits per heavy atom. The molecule has 7 nitrogen and oxygen atoms in total. The minimum absolute atomic E-state index is 0.297. The van der Waals surface area contributed by atoms with E-state index in [1.807, 2.05) is 54.6 Å². The van der Waals surface area contributed by atoms with Crippen molar-refractivity contribution < 1.29 is 19.1 Å². The Bertz CT molecular complexity index is 1300. The maximum absolute atomic E-state index is 13.5. The number of hydrogen-bond donors (Lipinski definition) is 2. The van der Waals surface area contributed by atoms with Crippen LogP contribution in [0.5, 0.6) is 0 Å². The predicted octanol–water partition coefficient (Wildman–Crippen LogP) is 4.75. The van der Waals surface area contributed by atoms with Gasteiger partial charge in [-0.05, 0) is 61.4 Å². The van der Waals surface area contributed by atoms with Crippen LogP contribution in [0.15, 0.2) is 54.6 Å². The number of fused-ring (bicyclic) bond motifs is 2. The average molecular weight is 472 g/mol. The van der Waals surface area contributed by atoms with E-state index in [1.54, 1.807) is 6.92 Å². The number of para-hydroxylation sites is 1. The van der Waals surface area contributed by atoms with E-state index in [2.05, 4.69) is 23.6 Å². The van der Waals surface area contributed by atoms with Crippen molar-refractivity contribution in [3.05, 3.63) is 77.0 Å². The molecule has 7 heteroatoms. The number of allylic oxidation sites excluding steroid dienone is 1. The molecule has 35 heavy (non-hydrogen) atoms. The van der Waals surface area contributed by atoms with Crippen LogP contribution < -0.4 is 10.6 Å². The second-order valence-corrected chi connectivity index (χ2v) is 8.82. The summed E-state index contributed by atoms with van der Waals surface area (Å²) in [6.45, 7) is 5.71. The second kappa shape index (κ2) is 10.5. The zero-order chi connectivity index (χ0) is 24.9. The monoisotopic (exact) mass is 471 g/mol. The Morgan fingerprint density at radius 1 is 1.09 bits per heavy atom. The van der Waals surface area contributed by atoms with E-state index in [1.165, 1.54) is 6.92 Å².